The summed E-state index contributed by atoms with van der Waals surface area (Å²) in [5.74, 6) is 0.816. The summed E-state index contributed by atoms with van der Waals surface area (Å²) in [4.78, 5) is 15.5. The van der Waals surface area contributed by atoms with Crippen molar-refractivity contribution >= 4 is 17.0 Å². The fraction of sp³-hybridized carbons (Fsp3) is 0.286. The van der Waals surface area contributed by atoms with Crippen LogP contribution >= 0.6 is 0 Å². The Morgan fingerprint density at radius 3 is 3.00 bits per heavy atom. The molecule has 0 aliphatic carbocycles. The highest BCUT2D eigenvalue weighted by Gasteiger charge is 2.09. The Balaban J connectivity index is 2.21. The van der Waals surface area contributed by atoms with Crippen molar-refractivity contribution in [3.63, 3.8) is 0 Å². The molecule has 1 aromatic carbocycles. The highest BCUT2D eigenvalue weighted by Crippen LogP contribution is 2.21. The van der Waals surface area contributed by atoms with E-state index in [4.69, 9.17) is 4.42 Å². The summed E-state index contributed by atoms with van der Waals surface area (Å²) in [6.45, 7) is 7.94. The Morgan fingerprint density at radius 2 is 2.33 bits per heavy atom. The van der Waals surface area contributed by atoms with Crippen LogP contribution in [0.3, 0.4) is 0 Å². The van der Waals surface area contributed by atoms with Gasteiger partial charge in [-0.05, 0) is 23.8 Å². The third kappa shape index (κ3) is 2.59. The number of carbonyl (C=O) groups excluding carboxylic acids is 1. The van der Waals surface area contributed by atoms with Crippen LogP contribution in [-0.2, 0) is 11.3 Å². The van der Waals surface area contributed by atoms with E-state index in [2.05, 4.69) is 16.9 Å². The first-order chi connectivity index (χ1) is 8.60. The number of nitrogens with zero attached hydrogens (tertiary/aromatic N) is 1. The molecule has 4 heteroatoms. The number of carbonyl (C=O) groups is 1. The van der Waals surface area contributed by atoms with Crippen LogP contribution in [0.4, 0.5) is 0 Å². The minimum Gasteiger partial charge on any atom is -0.440 e. The molecule has 0 aliphatic heterocycles. The first-order valence-electron chi connectivity index (χ1n) is 5.90. The van der Waals surface area contributed by atoms with E-state index in [9.17, 15) is 4.79 Å². The van der Waals surface area contributed by atoms with Crippen molar-refractivity contribution in [1.82, 2.24) is 10.3 Å². The predicted molar refractivity (Wildman–Crippen MR) is 70.1 cm³/mol. The Hall–Kier alpha value is -2.10. The summed E-state index contributed by atoms with van der Waals surface area (Å²) < 4.78 is 5.62. The molecule has 0 atom stereocenters. The Kier molecular flexibility index (Phi) is 3.46. The van der Waals surface area contributed by atoms with E-state index < -0.39 is 0 Å². The molecule has 1 heterocycles. The molecule has 0 radical (unpaired) electrons. The maximum Gasteiger partial charge on any atom is 0.243 e. The molecule has 1 amide bonds. The minimum atomic E-state index is -0.182. The summed E-state index contributed by atoms with van der Waals surface area (Å²) >= 11 is 0. The molecule has 0 bridgehead atoms. The molecule has 0 fully saturated rings. The zero-order valence-corrected chi connectivity index (χ0v) is 10.6. The molecule has 1 N–H and O–H groups in total. The van der Waals surface area contributed by atoms with Crippen LogP contribution in [0.25, 0.3) is 11.1 Å². The smallest absolute Gasteiger partial charge is 0.243 e. The average molecular weight is 244 g/mol. The molecule has 1 aromatic heterocycles. The topological polar surface area (TPSA) is 55.1 Å². The molecule has 18 heavy (non-hydrogen) atoms. The molecule has 0 spiro atoms. The number of amides is 1. The molecule has 0 aliphatic rings. The van der Waals surface area contributed by atoms with E-state index >= 15 is 0 Å². The fourth-order valence-corrected chi connectivity index (χ4v) is 1.61. The monoisotopic (exact) mass is 244 g/mol. The van der Waals surface area contributed by atoms with Crippen molar-refractivity contribution < 1.29 is 9.21 Å². The van der Waals surface area contributed by atoms with E-state index in [1.165, 1.54) is 6.08 Å². The predicted octanol–water partition coefficient (Wildman–Crippen LogP) is 2.75. The third-order valence-corrected chi connectivity index (χ3v) is 2.61. The van der Waals surface area contributed by atoms with Crippen LogP contribution in [0.15, 0.2) is 35.3 Å². The van der Waals surface area contributed by atoms with E-state index in [0.29, 0.717) is 6.54 Å². The van der Waals surface area contributed by atoms with Crippen molar-refractivity contribution in [3.8, 4) is 0 Å². The number of nitrogens with one attached hydrogen (secondary N) is 1. The normalized spacial score (nSPS) is 10.8. The molecule has 2 aromatic rings. The van der Waals surface area contributed by atoms with Crippen LogP contribution in [0.1, 0.15) is 31.2 Å². The number of rotatable bonds is 4. The number of benzene rings is 1. The first-order valence-corrected chi connectivity index (χ1v) is 5.90. The van der Waals surface area contributed by atoms with Crippen molar-refractivity contribution in [1.29, 1.82) is 0 Å². The van der Waals surface area contributed by atoms with E-state index in [1.807, 2.05) is 32.0 Å². The molecule has 94 valence electrons. The fourth-order valence-electron chi connectivity index (χ4n) is 1.61. The van der Waals surface area contributed by atoms with Crippen LogP contribution in [0.5, 0.6) is 0 Å². The number of hydrogen-bond acceptors (Lipinski definition) is 3. The number of aromatic nitrogens is 1. The lowest BCUT2D eigenvalue weighted by Gasteiger charge is -2.01. The van der Waals surface area contributed by atoms with Gasteiger partial charge in [-0.15, -0.1) is 0 Å². The van der Waals surface area contributed by atoms with Gasteiger partial charge in [0.25, 0.3) is 0 Å². The second-order valence-electron chi connectivity index (χ2n) is 4.43. The molecule has 0 unspecified atom stereocenters. The van der Waals surface area contributed by atoms with Gasteiger partial charge >= 0.3 is 0 Å². The minimum absolute atomic E-state index is 0.182. The number of fused-ring (bicyclic) bond motifs is 1. The number of oxazole rings is 1. The molecular formula is C14H16N2O2. The molecule has 0 saturated carbocycles. The molecular weight excluding hydrogens is 228 g/mol. The highest BCUT2D eigenvalue weighted by atomic mass is 16.3. The Bertz CT molecular complexity index is 584. The van der Waals surface area contributed by atoms with E-state index in [-0.39, 0.29) is 11.8 Å². The molecule has 4 nitrogen and oxygen atoms in total. The van der Waals surface area contributed by atoms with Crippen molar-refractivity contribution in [3.05, 3.63) is 42.3 Å². The third-order valence-electron chi connectivity index (χ3n) is 2.61. The van der Waals surface area contributed by atoms with Crippen LogP contribution < -0.4 is 5.32 Å². The van der Waals surface area contributed by atoms with Gasteiger partial charge in [0.05, 0.1) is 0 Å². The number of hydrogen-bond donors (Lipinski definition) is 1. The summed E-state index contributed by atoms with van der Waals surface area (Å²) in [6.07, 6.45) is 1.26. The van der Waals surface area contributed by atoms with Crippen molar-refractivity contribution in [2.75, 3.05) is 0 Å². The van der Waals surface area contributed by atoms with Crippen molar-refractivity contribution in [2.24, 2.45) is 0 Å². The van der Waals surface area contributed by atoms with Gasteiger partial charge in [0, 0.05) is 12.5 Å². The molecule has 2 rings (SSSR count). The quantitative estimate of drug-likeness (QED) is 0.841. The van der Waals surface area contributed by atoms with Gasteiger partial charge in [0.2, 0.25) is 5.91 Å². The SMILES string of the molecule is C=CC(=O)NCc1ccc2oc(C(C)C)nc2c1. The Labute approximate surface area is 106 Å². The van der Waals surface area contributed by atoms with Gasteiger partial charge in [-0.25, -0.2) is 4.98 Å². The zero-order valence-electron chi connectivity index (χ0n) is 10.6. The van der Waals surface area contributed by atoms with E-state index in [1.54, 1.807) is 0 Å². The second-order valence-corrected chi connectivity index (χ2v) is 4.43. The van der Waals surface area contributed by atoms with Gasteiger partial charge in [0.15, 0.2) is 11.5 Å². The van der Waals surface area contributed by atoms with Crippen LogP contribution in [0.2, 0.25) is 0 Å². The maximum atomic E-state index is 11.1. The van der Waals surface area contributed by atoms with Crippen LogP contribution in [-0.4, -0.2) is 10.9 Å². The summed E-state index contributed by atoms with van der Waals surface area (Å²) in [7, 11) is 0. The zero-order chi connectivity index (χ0) is 13.1. The standard InChI is InChI=1S/C14H16N2O2/c1-4-13(17)15-8-10-5-6-12-11(7-10)16-14(18-12)9(2)3/h4-7,9H,1,8H2,2-3H3,(H,15,17). The van der Waals surface area contributed by atoms with Gasteiger partial charge in [-0.3, -0.25) is 4.79 Å². The van der Waals surface area contributed by atoms with Gasteiger partial charge < -0.3 is 9.73 Å². The summed E-state index contributed by atoms with van der Waals surface area (Å²) in [5, 5.41) is 2.73. The summed E-state index contributed by atoms with van der Waals surface area (Å²) in [5.41, 5.74) is 2.59. The van der Waals surface area contributed by atoms with Gasteiger partial charge in [0.1, 0.15) is 5.52 Å². The lowest BCUT2D eigenvalue weighted by atomic mass is 10.2. The second kappa shape index (κ2) is 5.04. The van der Waals surface area contributed by atoms with Gasteiger partial charge in [-0.1, -0.05) is 26.5 Å². The van der Waals surface area contributed by atoms with Crippen LogP contribution in [0, 0.1) is 0 Å². The molecule has 0 saturated heterocycles. The Morgan fingerprint density at radius 1 is 1.56 bits per heavy atom. The van der Waals surface area contributed by atoms with E-state index in [0.717, 1.165) is 22.6 Å². The lowest BCUT2D eigenvalue weighted by molar-refractivity contribution is -0.116. The average Bonchev–Trinajstić information content (AvgIpc) is 2.79. The lowest BCUT2D eigenvalue weighted by Crippen LogP contribution is -2.19. The first kappa shape index (κ1) is 12.4. The maximum absolute atomic E-state index is 11.1. The van der Waals surface area contributed by atoms with Gasteiger partial charge in [-0.2, -0.15) is 0 Å². The summed E-state index contributed by atoms with van der Waals surface area (Å²) in [6, 6.07) is 5.72. The highest BCUT2D eigenvalue weighted by molar-refractivity contribution is 5.86. The van der Waals surface area contributed by atoms with Crippen molar-refractivity contribution in [2.45, 2.75) is 26.3 Å². The largest absolute Gasteiger partial charge is 0.440 e.